The first-order chi connectivity index (χ1) is 10.4. The fourth-order valence-electron chi connectivity index (χ4n) is 2.54. The summed E-state index contributed by atoms with van der Waals surface area (Å²) in [4.78, 5) is 18.3. The Balaban J connectivity index is 2.12. The van der Waals surface area contributed by atoms with Crippen molar-refractivity contribution in [3.8, 4) is 0 Å². The topological polar surface area (TPSA) is 99.6 Å². The molecule has 1 aromatic heterocycles. The highest BCUT2D eigenvalue weighted by atomic mass is 32.2. The Bertz CT molecular complexity index is 633. The molecule has 0 spiro atoms. The number of aliphatic hydroxyl groups excluding tert-OH is 1. The van der Waals surface area contributed by atoms with Crippen LogP contribution in [0.2, 0.25) is 0 Å². The largest absolute Gasteiger partial charge is 0.394 e. The van der Waals surface area contributed by atoms with Gasteiger partial charge in [-0.2, -0.15) is 0 Å². The van der Waals surface area contributed by atoms with Crippen molar-refractivity contribution >= 4 is 15.9 Å². The van der Waals surface area contributed by atoms with Gasteiger partial charge in [0.15, 0.2) is 0 Å². The third-order valence-electron chi connectivity index (χ3n) is 3.68. The number of nitrogens with one attached hydrogen (secondary N) is 1. The first-order valence-corrected chi connectivity index (χ1v) is 9.11. The lowest BCUT2D eigenvalue weighted by atomic mass is 10.0. The number of pyridine rings is 1. The second-order valence-electron chi connectivity index (χ2n) is 5.46. The summed E-state index contributed by atoms with van der Waals surface area (Å²) in [6.45, 7) is 0.631. The van der Waals surface area contributed by atoms with Crippen molar-refractivity contribution in [3.63, 3.8) is 0 Å². The van der Waals surface area contributed by atoms with Crippen molar-refractivity contribution in [1.29, 1.82) is 0 Å². The molecule has 0 aliphatic carbocycles. The SMILES string of the molecule is CS(=O)(=O)NCc1cc(C(=O)N2CCCCC2CO)ccn1. The summed E-state index contributed by atoms with van der Waals surface area (Å²) in [5.41, 5.74) is 0.939. The van der Waals surface area contributed by atoms with Gasteiger partial charge in [0.2, 0.25) is 10.0 Å². The second kappa shape index (κ2) is 7.17. The third-order valence-corrected chi connectivity index (χ3v) is 4.35. The Labute approximate surface area is 130 Å². The van der Waals surface area contributed by atoms with Crippen LogP contribution in [-0.4, -0.2) is 54.8 Å². The normalized spacial score (nSPS) is 19.2. The predicted molar refractivity (Wildman–Crippen MR) is 81.7 cm³/mol. The van der Waals surface area contributed by atoms with E-state index < -0.39 is 10.0 Å². The summed E-state index contributed by atoms with van der Waals surface area (Å²) >= 11 is 0. The maximum Gasteiger partial charge on any atom is 0.254 e. The van der Waals surface area contributed by atoms with Crippen LogP contribution in [0.3, 0.4) is 0 Å². The number of hydrogen-bond donors (Lipinski definition) is 2. The average Bonchev–Trinajstić information content (AvgIpc) is 2.52. The molecule has 0 saturated carbocycles. The fraction of sp³-hybridized carbons (Fsp3) is 0.571. The molecule has 1 fully saturated rings. The number of nitrogens with zero attached hydrogens (tertiary/aromatic N) is 2. The average molecular weight is 327 g/mol. The van der Waals surface area contributed by atoms with Crippen LogP contribution in [0, 0.1) is 0 Å². The van der Waals surface area contributed by atoms with Crippen LogP contribution in [-0.2, 0) is 16.6 Å². The van der Waals surface area contributed by atoms with Gasteiger partial charge in [-0.3, -0.25) is 9.78 Å². The van der Waals surface area contributed by atoms with Gasteiger partial charge in [0.1, 0.15) is 0 Å². The number of sulfonamides is 1. The zero-order chi connectivity index (χ0) is 16.2. The number of rotatable bonds is 5. The van der Waals surface area contributed by atoms with Gasteiger partial charge in [0.05, 0.1) is 31.1 Å². The van der Waals surface area contributed by atoms with Gasteiger partial charge in [-0.15, -0.1) is 0 Å². The van der Waals surface area contributed by atoms with Crippen LogP contribution in [0.1, 0.15) is 35.3 Å². The van der Waals surface area contributed by atoms with E-state index in [-0.39, 0.29) is 25.1 Å². The molecule has 1 unspecified atom stereocenters. The molecular formula is C14H21N3O4S. The summed E-state index contributed by atoms with van der Waals surface area (Å²) in [5.74, 6) is -0.151. The molecule has 1 amide bonds. The van der Waals surface area contributed by atoms with E-state index in [1.54, 1.807) is 17.0 Å². The Kier molecular flexibility index (Phi) is 5.49. The van der Waals surface area contributed by atoms with Gasteiger partial charge >= 0.3 is 0 Å². The second-order valence-corrected chi connectivity index (χ2v) is 7.29. The molecule has 1 aliphatic heterocycles. The van der Waals surface area contributed by atoms with Crippen molar-refractivity contribution < 1.29 is 18.3 Å². The van der Waals surface area contributed by atoms with E-state index in [2.05, 4.69) is 9.71 Å². The van der Waals surface area contributed by atoms with Gasteiger partial charge < -0.3 is 10.0 Å². The number of carbonyl (C=O) groups excluding carboxylic acids is 1. The molecule has 1 saturated heterocycles. The van der Waals surface area contributed by atoms with Crippen molar-refractivity contribution in [2.45, 2.75) is 31.8 Å². The zero-order valence-electron chi connectivity index (χ0n) is 12.5. The predicted octanol–water partition coefficient (Wildman–Crippen LogP) is 0.118. The Hall–Kier alpha value is -1.51. The van der Waals surface area contributed by atoms with E-state index >= 15 is 0 Å². The lowest BCUT2D eigenvalue weighted by Gasteiger charge is -2.34. The molecule has 8 heteroatoms. The monoisotopic (exact) mass is 327 g/mol. The number of likely N-dealkylation sites (tertiary alicyclic amines) is 1. The van der Waals surface area contributed by atoms with Crippen LogP contribution in [0.15, 0.2) is 18.3 Å². The molecule has 0 radical (unpaired) electrons. The molecule has 2 heterocycles. The van der Waals surface area contributed by atoms with Crippen molar-refractivity contribution in [1.82, 2.24) is 14.6 Å². The minimum absolute atomic E-state index is 0.0423. The van der Waals surface area contributed by atoms with Crippen LogP contribution >= 0.6 is 0 Å². The molecule has 122 valence electrons. The van der Waals surface area contributed by atoms with E-state index in [0.29, 0.717) is 17.8 Å². The van der Waals surface area contributed by atoms with E-state index in [1.807, 2.05) is 0 Å². The number of amides is 1. The molecule has 22 heavy (non-hydrogen) atoms. The van der Waals surface area contributed by atoms with Gasteiger partial charge in [-0.05, 0) is 31.4 Å². The van der Waals surface area contributed by atoms with E-state index in [9.17, 15) is 18.3 Å². The van der Waals surface area contributed by atoms with Crippen LogP contribution in [0.5, 0.6) is 0 Å². The molecule has 1 aromatic rings. The van der Waals surface area contributed by atoms with E-state index in [1.165, 1.54) is 6.20 Å². The number of piperidine rings is 1. The summed E-state index contributed by atoms with van der Waals surface area (Å²) in [6, 6.07) is 3.05. The van der Waals surface area contributed by atoms with Crippen LogP contribution in [0.25, 0.3) is 0 Å². The lowest BCUT2D eigenvalue weighted by molar-refractivity contribution is 0.0503. The maximum absolute atomic E-state index is 12.6. The highest BCUT2D eigenvalue weighted by Gasteiger charge is 2.27. The molecule has 1 aliphatic rings. The Morgan fingerprint density at radius 2 is 2.27 bits per heavy atom. The molecule has 2 rings (SSSR count). The van der Waals surface area contributed by atoms with Crippen molar-refractivity contribution in [2.24, 2.45) is 0 Å². The molecule has 0 aromatic carbocycles. The molecule has 1 atom stereocenters. The van der Waals surface area contributed by atoms with Crippen LogP contribution < -0.4 is 4.72 Å². The van der Waals surface area contributed by atoms with Gasteiger partial charge in [-0.1, -0.05) is 0 Å². The minimum atomic E-state index is -3.31. The number of hydrogen-bond acceptors (Lipinski definition) is 5. The van der Waals surface area contributed by atoms with E-state index in [4.69, 9.17) is 0 Å². The molecule has 7 nitrogen and oxygen atoms in total. The zero-order valence-corrected chi connectivity index (χ0v) is 13.3. The molecule has 2 N–H and O–H groups in total. The van der Waals surface area contributed by atoms with E-state index in [0.717, 1.165) is 25.5 Å². The maximum atomic E-state index is 12.6. The number of carbonyl (C=O) groups is 1. The third kappa shape index (κ3) is 4.49. The molecular weight excluding hydrogens is 306 g/mol. The molecule has 0 bridgehead atoms. The Morgan fingerprint density at radius 3 is 2.95 bits per heavy atom. The van der Waals surface area contributed by atoms with Crippen molar-refractivity contribution in [3.05, 3.63) is 29.6 Å². The van der Waals surface area contributed by atoms with Crippen LogP contribution in [0.4, 0.5) is 0 Å². The van der Waals surface area contributed by atoms with Gasteiger partial charge in [0, 0.05) is 18.3 Å². The smallest absolute Gasteiger partial charge is 0.254 e. The standard InChI is InChI=1S/C14H21N3O4S/c1-22(20,21)16-9-12-8-11(5-6-15-12)14(19)17-7-3-2-4-13(17)10-18/h5-6,8,13,16,18H,2-4,7,9-10H2,1H3. The number of aromatic nitrogens is 1. The van der Waals surface area contributed by atoms with Crippen molar-refractivity contribution in [2.75, 3.05) is 19.4 Å². The highest BCUT2D eigenvalue weighted by Crippen LogP contribution is 2.19. The fourth-order valence-corrected chi connectivity index (χ4v) is 2.95. The summed E-state index contributed by atoms with van der Waals surface area (Å²) in [7, 11) is -3.31. The summed E-state index contributed by atoms with van der Waals surface area (Å²) < 4.78 is 24.6. The van der Waals surface area contributed by atoms with Gasteiger partial charge in [-0.25, -0.2) is 13.1 Å². The van der Waals surface area contributed by atoms with Gasteiger partial charge in [0.25, 0.3) is 5.91 Å². The first-order valence-electron chi connectivity index (χ1n) is 7.22. The summed E-state index contributed by atoms with van der Waals surface area (Å²) in [5, 5.41) is 9.40. The number of aliphatic hydroxyl groups is 1. The Morgan fingerprint density at radius 1 is 1.50 bits per heavy atom. The summed E-state index contributed by atoms with van der Waals surface area (Å²) in [6.07, 6.45) is 5.30. The first kappa shape index (κ1) is 16.9. The minimum Gasteiger partial charge on any atom is -0.394 e. The lowest BCUT2D eigenvalue weighted by Crippen LogP contribution is -2.45. The highest BCUT2D eigenvalue weighted by molar-refractivity contribution is 7.88. The quantitative estimate of drug-likeness (QED) is 0.800.